The van der Waals surface area contributed by atoms with Crippen LogP contribution in [0.5, 0.6) is 0 Å². The lowest BCUT2D eigenvalue weighted by Crippen LogP contribution is -2.72. The van der Waals surface area contributed by atoms with Crippen LogP contribution in [0.4, 0.5) is 34.4 Å². The number of hydrogen-bond acceptors (Lipinski definition) is 9. The molecule has 9 heteroatoms. The Kier molecular flexibility index (Phi) is 15.2. The highest BCUT2D eigenvalue weighted by Gasteiger charge is 2.78. The predicted octanol–water partition coefficient (Wildman–Crippen LogP) is 21.4. The molecule has 5 saturated carbocycles. The second-order valence-electron chi connectivity index (χ2n) is 33.5. The van der Waals surface area contributed by atoms with Crippen molar-refractivity contribution in [1.29, 1.82) is 0 Å². The van der Waals surface area contributed by atoms with Gasteiger partial charge in [0.2, 0.25) is 5.71 Å². The Morgan fingerprint density at radius 1 is 0.554 bits per heavy atom. The summed E-state index contributed by atoms with van der Waals surface area (Å²) in [5, 5.41) is 1.82. The number of fused-ring (bicyclic) bond motifs is 8. The molecule has 9 atom stereocenters. The lowest BCUT2D eigenvalue weighted by Gasteiger charge is -2.77. The summed E-state index contributed by atoms with van der Waals surface area (Å²) in [5.74, 6) is 5.03. The summed E-state index contributed by atoms with van der Waals surface area (Å²) in [4.78, 5) is 25.1. The van der Waals surface area contributed by atoms with Gasteiger partial charge in [0.15, 0.2) is 17.2 Å². The third kappa shape index (κ3) is 10.4. The summed E-state index contributed by atoms with van der Waals surface area (Å²) in [6.07, 6.45) is 24.6. The average molecular weight is 1240 g/mol. The first-order valence-corrected chi connectivity index (χ1v) is 35.9. The Labute approximate surface area is 560 Å². The zero-order valence-electron chi connectivity index (χ0n) is 63.6. The third-order valence-electron chi connectivity index (χ3n) is 26.0. The van der Waals surface area contributed by atoms with Gasteiger partial charge in [-0.3, -0.25) is 4.90 Å². The van der Waals surface area contributed by atoms with E-state index in [2.05, 4.69) is 199 Å². The smallest absolute Gasteiger partial charge is 0.227 e. The van der Waals surface area contributed by atoms with Crippen LogP contribution in [0.3, 0.4) is 0 Å². The number of nitrogens with zero attached hydrogens (tertiary/aromatic N) is 8. The van der Waals surface area contributed by atoms with E-state index in [1.54, 1.807) is 25.5 Å². The fraction of sp³-hybridized carbons (Fsp3) is 0.602. The second-order valence-corrected chi connectivity index (χ2v) is 33.5. The standard InChI is InChI=1S/C26H37N.C22H23N5O.C19H29N.C16H25N/c1-17-7-5-6-8-21(17)27-18(2)26(16-24(27,3)4)22-11-9-19-13-20-10-12-23(26)25(22,14-19)15-20;1-12(2)26-15(5)27(21-20(26)23-10-11-24-21)18-13(3)6-8-16-17-9-7-14(4)25-22(17)28-19(16)18;1-15-10-6-7-11-17(15)20-16(2)19(14-18(20,3)4)12-8-5-9-13-19;1-12-9-7-8-10-14(12)17-13(2)15(3,4)11-16(17,5)6/h5-8,18-20,22-23H,9-16H2,1-4H3;6-12,15H,1-5H3;6-7,10-11,16H,5,8-9,12-14H2,1-4H3;7-10,13H,11H2,1-6H3/i;1D3,12D;;. The van der Waals surface area contributed by atoms with Crippen LogP contribution in [0.25, 0.3) is 22.1 Å². The zero-order valence-corrected chi connectivity index (χ0v) is 59.6. The van der Waals surface area contributed by atoms with E-state index in [-0.39, 0.29) is 16.6 Å². The summed E-state index contributed by atoms with van der Waals surface area (Å²) in [6.45, 7) is 38.2. The summed E-state index contributed by atoms with van der Waals surface area (Å²) in [6, 6.07) is 34.8. The van der Waals surface area contributed by atoms with Gasteiger partial charge in [-0.1, -0.05) is 113 Å². The number of aromatic nitrogens is 3. The Hall–Kier alpha value is -6.09. The molecule has 3 spiro atoms. The van der Waals surface area contributed by atoms with Crippen LogP contribution in [0, 0.1) is 80.0 Å². The van der Waals surface area contributed by atoms with Crippen molar-refractivity contribution < 1.29 is 9.90 Å². The van der Waals surface area contributed by atoms with E-state index in [4.69, 9.17) is 9.90 Å². The number of anilines is 6. The molecule has 7 heterocycles. The zero-order chi connectivity index (χ0) is 68.8. The highest BCUT2D eigenvalue weighted by molar-refractivity contribution is 6.09. The van der Waals surface area contributed by atoms with E-state index in [0.717, 1.165) is 56.8 Å². The lowest BCUT2D eigenvalue weighted by molar-refractivity contribution is -0.277. The van der Waals surface area contributed by atoms with Gasteiger partial charge < -0.3 is 24.0 Å². The van der Waals surface area contributed by atoms with Crippen LogP contribution in [0.2, 0.25) is 0 Å². The van der Waals surface area contributed by atoms with Crippen molar-refractivity contribution in [1.82, 2.24) is 15.0 Å². The van der Waals surface area contributed by atoms with Gasteiger partial charge in [0.05, 0.1) is 7.06 Å². The molecule has 3 saturated heterocycles. The molecule has 4 aliphatic heterocycles. The van der Waals surface area contributed by atoms with Gasteiger partial charge >= 0.3 is 0 Å². The Morgan fingerprint density at radius 2 is 1.07 bits per heavy atom. The van der Waals surface area contributed by atoms with Gasteiger partial charge in [0.1, 0.15) is 6.17 Å². The van der Waals surface area contributed by atoms with Crippen molar-refractivity contribution in [3.05, 3.63) is 137 Å². The monoisotopic (exact) mass is 1240 g/mol. The van der Waals surface area contributed by atoms with Gasteiger partial charge in [-0.25, -0.2) is 15.0 Å². The van der Waals surface area contributed by atoms with Crippen molar-refractivity contribution in [2.24, 2.45) is 45.3 Å². The maximum atomic E-state index is 8.75. The van der Waals surface area contributed by atoms with Crippen molar-refractivity contribution in [3.63, 3.8) is 0 Å². The minimum absolute atomic E-state index is 0.245. The molecule has 3 bridgehead atoms. The SMILES string of the molecule is Cc1ccccc1N1C(C)C(C)(C)CC1(C)C.Cc1ccccc1N1C(C)C2(CC1(C)C)C1CCC3CC4CCC2C1(C3)C4.Cc1ccccc1N1C(C)C2(CCCCC2)CC1(C)C.[2H]C([2H])([2H])C([2H])(C)N1c2nccnc2N(c2c(C)ccc3c2oc2nc(C)ccc23)C1C. The molecule has 16 rings (SSSR count). The van der Waals surface area contributed by atoms with E-state index >= 15 is 0 Å². The lowest BCUT2D eigenvalue weighted by atomic mass is 9.27. The number of aryl methyl sites for hydroxylation is 5. The van der Waals surface area contributed by atoms with E-state index in [0.29, 0.717) is 57.3 Å². The average Bonchev–Trinajstić information content (AvgIpc) is 1.31. The van der Waals surface area contributed by atoms with Crippen LogP contribution >= 0.6 is 0 Å². The minimum Gasteiger partial charge on any atom is -0.435 e. The molecule has 9 nitrogen and oxygen atoms in total. The van der Waals surface area contributed by atoms with Gasteiger partial charge in [-0.05, 0) is 280 Å². The number of benzene rings is 4. The largest absolute Gasteiger partial charge is 0.435 e. The minimum atomic E-state index is -2.56. The molecule has 0 radical (unpaired) electrons. The molecule has 7 aromatic rings. The van der Waals surface area contributed by atoms with E-state index in [9.17, 15) is 0 Å². The van der Waals surface area contributed by atoms with Crippen molar-refractivity contribution in [2.45, 2.75) is 275 Å². The summed E-state index contributed by atoms with van der Waals surface area (Å²) >= 11 is 0. The highest BCUT2D eigenvalue weighted by Crippen LogP contribution is 2.82. The van der Waals surface area contributed by atoms with E-state index < -0.39 is 19.0 Å². The number of furan rings is 1. The molecule has 3 aromatic heterocycles. The number of para-hydroxylation sites is 3. The Bertz CT molecular complexity index is 4000. The molecular formula is C83H114N8O. The van der Waals surface area contributed by atoms with Gasteiger partial charge in [0.25, 0.3) is 0 Å². The van der Waals surface area contributed by atoms with Gasteiger partial charge in [0, 0.05) is 90.8 Å². The fourth-order valence-electron chi connectivity index (χ4n) is 22.9. The molecule has 492 valence electrons. The van der Waals surface area contributed by atoms with Crippen LogP contribution < -0.4 is 24.5 Å². The fourth-order valence-corrected chi connectivity index (χ4v) is 22.9. The molecule has 9 aliphatic rings. The molecule has 0 amide bonds. The maximum Gasteiger partial charge on any atom is 0.227 e. The molecule has 0 N–H and O–H groups in total. The van der Waals surface area contributed by atoms with Crippen LogP contribution in [-0.2, 0) is 0 Å². The Balaban J connectivity index is 0.000000119. The van der Waals surface area contributed by atoms with E-state index in [1.807, 2.05) is 49.9 Å². The van der Waals surface area contributed by atoms with Crippen LogP contribution in [-0.4, -0.2) is 61.9 Å². The predicted molar refractivity (Wildman–Crippen MR) is 388 cm³/mol. The highest BCUT2D eigenvalue weighted by atomic mass is 16.3. The Morgan fingerprint density at radius 3 is 1.61 bits per heavy atom. The first-order valence-electron chi connectivity index (χ1n) is 37.9. The molecule has 8 fully saturated rings. The first kappa shape index (κ1) is 59.6. The van der Waals surface area contributed by atoms with Crippen molar-refractivity contribution in [3.8, 4) is 0 Å². The van der Waals surface area contributed by atoms with E-state index in [1.165, 1.54) is 129 Å². The van der Waals surface area contributed by atoms with Gasteiger partial charge in [-0.2, -0.15) is 0 Å². The summed E-state index contributed by atoms with van der Waals surface area (Å²) < 4.78 is 38.9. The number of pyridine rings is 1. The van der Waals surface area contributed by atoms with Crippen LogP contribution in [0.15, 0.2) is 114 Å². The normalized spacial score (nSPS) is 31.8. The first-order chi connectivity index (χ1) is 45.1. The number of rotatable bonds is 5. The molecule has 92 heavy (non-hydrogen) atoms. The van der Waals surface area contributed by atoms with Crippen molar-refractivity contribution in [2.75, 3.05) is 24.5 Å². The quantitative estimate of drug-likeness (QED) is 0.168. The topological polar surface area (TPSA) is 68.0 Å². The summed E-state index contributed by atoms with van der Waals surface area (Å²) in [5.41, 5.74) is 15.4. The molecule has 5 aliphatic carbocycles. The molecular weight excluding hydrogens is 1120 g/mol. The van der Waals surface area contributed by atoms with Crippen LogP contribution in [0.1, 0.15) is 227 Å². The molecule has 9 unspecified atom stereocenters. The number of hydrogen-bond donors (Lipinski definition) is 0. The third-order valence-corrected chi connectivity index (χ3v) is 26.0. The summed E-state index contributed by atoms with van der Waals surface area (Å²) in [7, 11) is 0. The van der Waals surface area contributed by atoms with Gasteiger partial charge in [-0.15, -0.1) is 0 Å². The van der Waals surface area contributed by atoms with Crippen molar-refractivity contribution >= 4 is 56.5 Å². The second kappa shape index (κ2) is 23.4. The maximum absolute atomic E-state index is 8.75. The molecule has 4 aromatic carbocycles.